The molecular weight excluding hydrogens is 146 g/mol. The van der Waals surface area contributed by atoms with Gasteiger partial charge < -0.3 is 5.73 Å². The highest BCUT2D eigenvalue weighted by molar-refractivity contribution is 5.18. The molecule has 0 aromatic heterocycles. The van der Waals surface area contributed by atoms with Gasteiger partial charge in [0.2, 0.25) is 0 Å². The van der Waals surface area contributed by atoms with E-state index in [1.807, 2.05) is 18.2 Å². The van der Waals surface area contributed by atoms with Gasteiger partial charge in [0.15, 0.2) is 0 Å². The van der Waals surface area contributed by atoms with E-state index in [2.05, 4.69) is 31.2 Å². The van der Waals surface area contributed by atoms with Crippen LogP contribution >= 0.6 is 0 Å². The molecule has 0 aliphatic heterocycles. The Morgan fingerprint density at radius 2 is 2.00 bits per heavy atom. The molecule has 64 valence electrons. The predicted molar refractivity (Wildman–Crippen MR) is 53.5 cm³/mol. The standard InChI is InChI=1S/C11H15N/c1-10-6-3-2-4-8-11(12)9-5-7-10/h2-7,9-10H,8,12H2,1H3/b4-2-,6-3-,7-5-,11-9+. The SMILES string of the molecule is CC1/C=C\C=C/C/C(N)=C\C=C/1. The van der Waals surface area contributed by atoms with E-state index < -0.39 is 0 Å². The van der Waals surface area contributed by atoms with Crippen LogP contribution in [0.5, 0.6) is 0 Å². The van der Waals surface area contributed by atoms with Gasteiger partial charge in [-0.3, -0.25) is 0 Å². The number of rotatable bonds is 0. The molecule has 1 aliphatic carbocycles. The molecule has 0 aromatic carbocycles. The highest BCUT2D eigenvalue weighted by Gasteiger charge is 1.89. The first-order valence-corrected chi connectivity index (χ1v) is 4.25. The molecule has 0 heterocycles. The molecule has 0 saturated carbocycles. The van der Waals surface area contributed by atoms with Gasteiger partial charge in [0.25, 0.3) is 0 Å². The maximum absolute atomic E-state index is 5.70. The second-order valence-corrected chi connectivity index (χ2v) is 3.00. The molecular formula is C11H15N. The zero-order valence-electron chi connectivity index (χ0n) is 7.40. The van der Waals surface area contributed by atoms with Crippen molar-refractivity contribution < 1.29 is 0 Å². The number of nitrogens with two attached hydrogens (primary N) is 1. The lowest BCUT2D eigenvalue weighted by molar-refractivity contribution is 0.938. The van der Waals surface area contributed by atoms with Crippen molar-refractivity contribution in [1.29, 1.82) is 0 Å². The third-order valence-electron chi connectivity index (χ3n) is 1.74. The molecule has 0 aromatic rings. The normalized spacial score (nSPS) is 36.1. The Kier molecular flexibility index (Phi) is 3.39. The van der Waals surface area contributed by atoms with E-state index in [4.69, 9.17) is 5.73 Å². The molecule has 0 saturated heterocycles. The van der Waals surface area contributed by atoms with Crippen LogP contribution in [0.4, 0.5) is 0 Å². The summed E-state index contributed by atoms with van der Waals surface area (Å²) < 4.78 is 0. The van der Waals surface area contributed by atoms with Gasteiger partial charge in [0.05, 0.1) is 0 Å². The van der Waals surface area contributed by atoms with E-state index in [0.29, 0.717) is 5.92 Å². The van der Waals surface area contributed by atoms with Gasteiger partial charge in [-0.2, -0.15) is 0 Å². The molecule has 2 N–H and O–H groups in total. The van der Waals surface area contributed by atoms with E-state index in [0.717, 1.165) is 12.1 Å². The Bertz CT molecular complexity index is 244. The van der Waals surface area contributed by atoms with Crippen molar-refractivity contribution in [3.8, 4) is 0 Å². The first-order valence-electron chi connectivity index (χ1n) is 4.25. The van der Waals surface area contributed by atoms with Gasteiger partial charge in [-0.05, 0) is 12.0 Å². The second-order valence-electron chi connectivity index (χ2n) is 3.00. The molecule has 1 rings (SSSR count). The van der Waals surface area contributed by atoms with Crippen LogP contribution in [-0.2, 0) is 0 Å². The Labute approximate surface area is 74.0 Å². The highest BCUT2D eigenvalue weighted by Crippen LogP contribution is 2.03. The zero-order chi connectivity index (χ0) is 8.81. The third-order valence-corrected chi connectivity index (χ3v) is 1.74. The van der Waals surface area contributed by atoms with Crippen LogP contribution in [0.15, 0.2) is 48.2 Å². The molecule has 1 nitrogen and oxygen atoms in total. The second kappa shape index (κ2) is 4.60. The maximum Gasteiger partial charge on any atom is 0.0119 e. The van der Waals surface area contributed by atoms with Crippen LogP contribution in [0, 0.1) is 5.92 Å². The Balaban J connectivity index is 2.72. The summed E-state index contributed by atoms with van der Waals surface area (Å²) in [5.41, 5.74) is 6.61. The summed E-state index contributed by atoms with van der Waals surface area (Å²) in [7, 11) is 0. The summed E-state index contributed by atoms with van der Waals surface area (Å²) in [5, 5.41) is 0. The van der Waals surface area contributed by atoms with Crippen molar-refractivity contribution in [1.82, 2.24) is 0 Å². The minimum absolute atomic E-state index is 0.483. The lowest BCUT2D eigenvalue weighted by atomic mass is 10.1. The first kappa shape index (κ1) is 8.85. The smallest absolute Gasteiger partial charge is 0.0119 e. The van der Waals surface area contributed by atoms with E-state index in [-0.39, 0.29) is 0 Å². The molecule has 1 unspecified atom stereocenters. The molecule has 0 radical (unpaired) electrons. The molecule has 12 heavy (non-hydrogen) atoms. The summed E-state index contributed by atoms with van der Waals surface area (Å²) in [6.07, 6.45) is 15.3. The molecule has 1 heteroatoms. The van der Waals surface area contributed by atoms with Crippen molar-refractivity contribution in [3.05, 3.63) is 48.2 Å². The summed E-state index contributed by atoms with van der Waals surface area (Å²) >= 11 is 0. The molecule has 0 spiro atoms. The van der Waals surface area contributed by atoms with E-state index in [1.54, 1.807) is 0 Å². The topological polar surface area (TPSA) is 26.0 Å². The lowest BCUT2D eigenvalue weighted by Gasteiger charge is -1.98. The van der Waals surface area contributed by atoms with Crippen molar-refractivity contribution in [2.45, 2.75) is 13.3 Å². The Morgan fingerprint density at radius 1 is 1.25 bits per heavy atom. The van der Waals surface area contributed by atoms with Crippen molar-refractivity contribution in [3.63, 3.8) is 0 Å². The third kappa shape index (κ3) is 3.24. The fourth-order valence-electron chi connectivity index (χ4n) is 1.01. The maximum atomic E-state index is 5.70. The Morgan fingerprint density at radius 3 is 2.83 bits per heavy atom. The van der Waals surface area contributed by atoms with Crippen molar-refractivity contribution in [2.75, 3.05) is 0 Å². The summed E-state index contributed by atoms with van der Waals surface area (Å²) in [5.74, 6) is 0.483. The zero-order valence-corrected chi connectivity index (χ0v) is 7.40. The number of hydrogen-bond acceptors (Lipinski definition) is 1. The van der Waals surface area contributed by atoms with Crippen LogP contribution < -0.4 is 5.73 Å². The van der Waals surface area contributed by atoms with E-state index in [9.17, 15) is 0 Å². The number of hydrogen-bond donors (Lipinski definition) is 1. The molecule has 0 bridgehead atoms. The van der Waals surface area contributed by atoms with Crippen molar-refractivity contribution >= 4 is 0 Å². The number of allylic oxidation sites excluding steroid dienone is 7. The van der Waals surface area contributed by atoms with Gasteiger partial charge in [-0.1, -0.05) is 43.4 Å². The first-order chi connectivity index (χ1) is 5.79. The van der Waals surface area contributed by atoms with Crippen LogP contribution in [0.2, 0.25) is 0 Å². The quantitative estimate of drug-likeness (QED) is 0.580. The lowest BCUT2D eigenvalue weighted by Crippen LogP contribution is -1.94. The minimum atomic E-state index is 0.483. The fraction of sp³-hybridized carbons (Fsp3) is 0.273. The van der Waals surface area contributed by atoms with Crippen LogP contribution in [0.1, 0.15) is 13.3 Å². The van der Waals surface area contributed by atoms with Crippen molar-refractivity contribution in [2.24, 2.45) is 11.7 Å². The minimum Gasteiger partial charge on any atom is -0.402 e. The Hall–Kier alpha value is -1.24. The van der Waals surface area contributed by atoms with Gasteiger partial charge in [0, 0.05) is 12.1 Å². The van der Waals surface area contributed by atoms with Crippen LogP contribution in [-0.4, -0.2) is 0 Å². The van der Waals surface area contributed by atoms with Gasteiger partial charge >= 0.3 is 0 Å². The summed E-state index contributed by atoms with van der Waals surface area (Å²) in [4.78, 5) is 0. The molecule has 1 atom stereocenters. The van der Waals surface area contributed by atoms with E-state index in [1.165, 1.54) is 0 Å². The predicted octanol–water partition coefficient (Wildman–Crippen LogP) is 2.54. The average molecular weight is 161 g/mol. The summed E-state index contributed by atoms with van der Waals surface area (Å²) in [6.45, 7) is 2.15. The average Bonchev–Trinajstić information content (AvgIpc) is 2.04. The largest absolute Gasteiger partial charge is 0.402 e. The van der Waals surface area contributed by atoms with Gasteiger partial charge in [0.1, 0.15) is 0 Å². The fourth-order valence-corrected chi connectivity index (χ4v) is 1.01. The molecule has 1 aliphatic rings. The van der Waals surface area contributed by atoms with Crippen LogP contribution in [0.3, 0.4) is 0 Å². The summed E-state index contributed by atoms with van der Waals surface area (Å²) in [6, 6.07) is 0. The monoisotopic (exact) mass is 161 g/mol. The molecule has 0 fully saturated rings. The van der Waals surface area contributed by atoms with Gasteiger partial charge in [-0.15, -0.1) is 0 Å². The molecule has 0 amide bonds. The van der Waals surface area contributed by atoms with E-state index >= 15 is 0 Å². The van der Waals surface area contributed by atoms with Gasteiger partial charge in [-0.25, -0.2) is 0 Å². The van der Waals surface area contributed by atoms with Crippen LogP contribution in [0.25, 0.3) is 0 Å². The highest BCUT2D eigenvalue weighted by atomic mass is 14.6.